The van der Waals surface area contributed by atoms with Gasteiger partial charge >= 0.3 is 0 Å². The summed E-state index contributed by atoms with van der Waals surface area (Å²) in [7, 11) is 0. The average Bonchev–Trinajstić information content (AvgIpc) is 2.69. The van der Waals surface area contributed by atoms with Gasteiger partial charge in [-0.2, -0.15) is 0 Å². The molecule has 0 aliphatic carbocycles. The molecule has 1 amide bonds. The van der Waals surface area contributed by atoms with E-state index in [4.69, 9.17) is 0 Å². The van der Waals surface area contributed by atoms with Gasteiger partial charge in [-0.3, -0.25) is 4.79 Å². The molecule has 2 aromatic carbocycles. The minimum Gasteiger partial charge on any atom is -0.394 e. The molecule has 1 aliphatic heterocycles. The highest BCUT2D eigenvalue weighted by molar-refractivity contribution is 5.95. The summed E-state index contributed by atoms with van der Waals surface area (Å²) in [6.45, 7) is 6.87. The van der Waals surface area contributed by atoms with Gasteiger partial charge in [-0.1, -0.05) is 68.5 Å². The molecule has 0 bridgehead atoms. The molecule has 2 aromatic rings. The van der Waals surface area contributed by atoms with E-state index in [1.165, 1.54) is 5.56 Å². The van der Waals surface area contributed by atoms with Gasteiger partial charge in [-0.25, -0.2) is 0 Å². The van der Waals surface area contributed by atoms with E-state index in [0.717, 1.165) is 5.56 Å². The van der Waals surface area contributed by atoms with Crippen molar-refractivity contribution in [3.8, 4) is 0 Å². The van der Waals surface area contributed by atoms with Crippen LogP contribution in [0.15, 0.2) is 60.7 Å². The second kappa shape index (κ2) is 9.18. The van der Waals surface area contributed by atoms with Crippen LogP contribution in [0.5, 0.6) is 0 Å². The van der Waals surface area contributed by atoms with Gasteiger partial charge in [0.15, 0.2) is 0 Å². The summed E-state index contributed by atoms with van der Waals surface area (Å²) >= 11 is 0. The Bertz CT molecular complexity index is 799. The summed E-state index contributed by atoms with van der Waals surface area (Å²) in [5.41, 5.74) is 2.98. The molecule has 3 atom stereocenters. The third kappa shape index (κ3) is 4.18. The van der Waals surface area contributed by atoms with Crippen LogP contribution in [0.3, 0.4) is 0 Å². The van der Waals surface area contributed by atoms with Gasteiger partial charge in [0.1, 0.15) is 0 Å². The largest absolute Gasteiger partial charge is 0.394 e. The van der Waals surface area contributed by atoms with Gasteiger partial charge in [0.25, 0.3) is 5.91 Å². The molecule has 0 saturated carbocycles. The van der Waals surface area contributed by atoms with Gasteiger partial charge < -0.3 is 15.3 Å². The molecule has 4 nitrogen and oxygen atoms in total. The van der Waals surface area contributed by atoms with E-state index in [0.29, 0.717) is 18.2 Å². The first-order valence-corrected chi connectivity index (χ1v) is 10.0. The molecular formula is C24H30N2O2. The van der Waals surface area contributed by atoms with E-state index >= 15 is 0 Å². The molecule has 148 valence electrons. The minimum absolute atomic E-state index is 0.0137. The van der Waals surface area contributed by atoms with Crippen LogP contribution in [0.25, 0.3) is 6.08 Å². The molecule has 0 aromatic heterocycles. The fraction of sp³-hybridized carbons (Fsp3) is 0.375. The Hall–Kier alpha value is -2.43. The molecule has 4 heteroatoms. The molecular weight excluding hydrogens is 348 g/mol. The molecule has 1 fully saturated rings. The lowest BCUT2D eigenvalue weighted by atomic mass is 9.74. The number of rotatable bonds is 7. The van der Waals surface area contributed by atoms with Crippen molar-refractivity contribution in [2.24, 2.45) is 0 Å². The summed E-state index contributed by atoms with van der Waals surface area (Å²) < 4.78 is 0. The number of nitrogens with one attached hydrogen (secondary N) is 1. The van der Waals surface area contributed by atoms with Crippen LogP contribution in [0.1, 0.15) is 48.2 Å². The number of carbonyl (C=O) groups is 1. The molecule has 28 heavy (non-hydrogen) atoms. The lowest BCUT2D eigenvalue weighted by molar-refractivity contribution is -0.0251. The summed E-state index contributed by atoms with van der Waals surface area (Å²) in [5, 5.41) is 13.6. The first-order chi connectivity index (χ1) is 13.6. The number of nitrogens with zero attached hydrogens (tertiary/aromatic N) is 1. The monoisotopic (exact) mass is 378 g/mol. The predicted molar refractivity (Wildman–Crippen MR) is 114 cm³/mol. The fourth-order valence-electron chi connectivity index (χ4n) is 4.03. The van der Waals surface area contributed by atoms with Crippen LogP contribution in [0.4, 0.5) is 0 Å². The number of allylic oxidation sites excluding steroid dienone is 1. The molecule has 1 aliphatic rings. The lowest BCUT2D eigenvalue weighted by Crippen LogP contribution is -2.68. The molecule has 0 spiro atoms. The average molecular weight is 379 g/mol. The number of likely N-dealkylation sites (tertiary alicyclic amines) is 1. The maximum atomic E-state index is 13.1. The number of carbonyl (C=O) groups excluding carboxylic acids is 1. The highest BCUT2D eigenvalue weighted by Crippen LogP contribution is 2.41. The number of aliphatic hydroxyl groups excluding tert-OH is 1. The Labute approximate surface area is 167 Å². The fourth-order valence-corrected chi connectivity index (χ4v) is 4.03. The minimum atomic E-state index is -0.209. The zero-order valence-corrected chi connectivity index (χ0v) is 16.9. The number of benzene rings is 2. The smallest absolute Gasteiger partial charge is 0.254 e. The van der Waals surface area contributed by atoms with Crippen molar-refractivity contribution >= 4 is 12.0 Å². The number of aliphatic hydroxyl groups is 1. The summed E-state index contributed by atoms with van der Waals surface area (Å²) in [5.74, 6) is 0.0977. The number of hydrogen-bond acceptors (Lipinski definition) is 3. The van der Waals surface area contributed by atoms with Crippen LogP contribution in [0, 0.1) is 0 Å². The maximum Gasteiger partial charge on any atom is 0.254 e. The van der Waals surface area contributed by atoms with Crippen molar-refractivity contribution in [1.82, 2.24) is 10.2 Å². The quantitative estimate of drug-likeness (QED) is 0.773. The van der Waals surface area contributed by atoms with Crippen molar-refractivity contribution in [3.63, 3.8) is 0 Å². The van der Waals surface area contributed by atoms with Crippen LogP contribution in [0.2, 0.25) is 0 Å². The van der Waals surface area contributed by atoms with E-state index in [1.807, 2.05) is 48.2 Å². The number of amides is 1. The van der Waals surface area contributed by atoms with Crippen molar-refractivity contribution < 1.29 is 9.90 Å². The van der Waals surface area contributed by atoms with Crippen molar-refractivity contribution in [3.05, 3.63) is 77.4 Å². The van der Waals surface area contributed by atoms with Gasteiger partial charge in [-0.15, -0.1) is 0 Å². The Morgan fingerprint density at radius 2 is 1.79 bits per heavy atom. The third-order valence-electron chi connectivity index (χ3n) is 5.40. The topological polar surface area (TPSA) is 52.6 Å². The molecule has 1 saturated heterocycles. The van der Waals surface area contributed by atoms with E-state index in [-0.39, 0.29) is 30.5 Å². The van der Waals surface area contributed by atoms with Crippen LogP contribution >= 0.6 is 0 Å². The van der Waals surface area contributed by atoms with Crippen molar-refractivity contribution in [2.75, 3.05) is 13.2 Å². The number of hydrogen-bond donors (Lipinski definition) is 2. The summed E-state index contributed by atoms with van der Waals surface area (Å²) in [4.78, 5) is 15.0. The predicted octanol–water partition coefficient (Wildman–Crippen LogP) is 3.69. The first-order valence-electron chi connectivity index (χ1n) is 10.0. The summed E-state index contributed by atoms with van der Waals surface area (Å²) in [6, 6.07) is 17.9. The van der Waals surface area contributed by atoms with E-state index in [9.17, 15) is 9.90 Å². The molecule has 0 unspecified atom stereocenters. The van der Waals surface area contributed by atoms with Crippen molar-refractivity contribution in [2.45, 2.75) is 44.8 Å². The SMILES string of the molecule is C/C=C/c1ccc([C@H]2[C@@H](CNC(C)C)N(C(=O)c3ccccc3)[C@H]2CO)cc1. The molecule has 1 heterocycles. The Balaban J connectivity index is 1.88. The van der Waals surface area contributed by atoms with Crippen LogP contribution < -0.4 is 5.32 Å². The van der Waals surface area contributed by atoms with E-state index in [2.05, 4.69) is 49.5 Å². The maximum absolute atomic E-state index is 13.1. The zero-order chi connectivity index (χ0) is 20.1. The van der Waals surface area contributed by atoms with Gasteiger partial charge in [0.05, 0.1) is 18.7 Å². The van der Waals surface area contributed by atoms with E-state index in [1.54, 1.807) is 0 Å². The normalized spacial score (nSPS) is 21.9. The van der Waals surface area contributed by atoms with Gasteiger partial charge in [-0.05, 0) is 30.2 Å². The first kappa shape index (κ1) is 20.3. The van der Waals surface area contributed by atoms with Gasteiger partial charge in [0.2, 0.25) is 0 Å². The van der Waals surface area contributed by atoms with E-state index < -0.39 is 0 Å². The Morgan fingerprint density at radius 3 is 2.36 bits per heavy atom. The summed E-state index contributed by atoms with van der Waals surface area (Å²) in [6.07, 6.45) is 4.08. The molecule has 0 radical (unpaired) electrons. The lowest BCUT2D eigenvalue weighted by Gasteiger charge is -2.55. The molecule has 3 rings (SSSR count). The van der Waals surface area contributed by atoms with Crippen LogP contribution in [-0.2, 0) is 0 Å². The second-order valence-electron chi connectivity index (χ2n) is 7.65. The Kier molecular flexibility index (Phi) is 6.65. The standard InChI is InChI=1S/C24H30N2O2/c1-4-8-18-11-13-19(14-12-18)23-21(15-25-17(2)3)26(22(23)16-27)24(28)20-9-6-5-7-10-20/h4-14,17,21-23,25,27H,15-16H2,1-3H3/b8-4+/t21-,22+,23+/m1/s1. The Morgan fingerprint density at radius 1 is 1.11 bits per heavy atom. The van der Waals surface area contributed by atoms with Crippen molar-refractivity contribution in [1.29, 1.82) is 0 Å². The highest BCUT2D eigenvalue weighted by atomic mass is 16.3. The highest BCUT2D eigenvalue weighted by Gasteiger charge is 2.50. The second-order valence-corrected chi connectivity index (χ2v) is 7.65. The third-order valence-corrected chi connectivity index (χ3v) is 5.40. The van der Waals surface area contributed by atoms with Crippen LogP contribution in [-0.4, -0.2) is 47.2 Å². The molecule has 2 N–H and O–H groups in total. The zero-order valence-electron chi connectivity index (χ0n) is 16.9. The van der Waals surface area contributed by atoms with Gasteiger partial charge in [0, 0.05) is 24.1 Å².